The molecule has 0 amide bonds. The van der Waals surface area contributed by atoms with Gasteiger partial charge in [-0.15, -0.1) is 0 Å². The lowest BCUT2D eigenvalue weighted by Crippen LogP contribution is -2.99. The smallest absolute Gasteiger partial charge is 0.339 e. The Hall–Kier alpha value is -2.81. The van der Waals surface area contributed by atoms with E-state index < -0.39 is 11.2 Å². The number of rotatable bonds is 4. The average molecular weight is 289 g/mol. The SMILES string of the molecule is O=C(O)c1cc(N=Nc2cccc([NH+]([O-])O)c2)ccc1O. The maximum Gasteiger partial charge on any atom is 0.339 e. The second-order valence-corrected chi connectivity index (χ2v) is 4.06. The highest BCUT2D eigenvalue weighted by atomic mass is 16.8. The quantitative estimate of drug-likeness (QED) is 0.504. The summed E-state index contributed by atoms with van der Waals surface area (Å²) in [5.74, 6) is -1.65. The lowest BCUT2D eigenvalue weighted by atomic mass is 10.2. The number of carboxylic acids is 1. The van der Waals surface area contributed by atoms with E-state index in [-0.39, 0.29) is 22.7 Å². The summed E-state index contributed by atoms with van der Waals surface area (Å²) >= 11 is 0. The average Bonchev–Trinajstić information content (AvgIpc) is 2.46. The summed E-state index contributed by atoms with van der Waals surface area (Å²) in [5, 5.41) is 44.5. The van der Waals surface area contributed by atoms with Gasteiger partial charge in [-0.25, -0.2) is 10.0 Å². The van der Waals surface area contributed by atoms with Gasteiger partial charge in [-0.05, 0) is 24.3 Å². The first-order chi connectivity index (χ1) is 9.97. The first kappa shape index (κ1) is 14.6. The molecule has 0 bridgehead atoms. The molecule has 2 rings (SSSR count). The number of aromatic hydroxyl groups is 1. The summed E-state index contributed by atoms with van der Waals surface area (Å²) in [6.45, 7) is 0. The fraction of sp³-hybridized carbons (Fsp3) is 0. The van der Waals surface area contributed by atoms with Gasteiger partial charge < -0.3 is 15.4 Å². The standard InChI is InChI=1S/C13H11N3O5/c17-12-5-4-9(7-11(12)13(18)19)15-14-8-2-1-3-10(6-8)16(20)21/h1-7,16-17,20H,(H,18,19). The van der Waals surface area contributed by atoms with E-state index in [0.717, 1.165) is 0 Å². The molecule has 2 aromatic carbocycles. The van der Waals surface area contributed by atoms with Gasteiger partial charge in [-0.1, -0.05) is 6.07 Å². The first-order valence-corrected chi connectivity index (χ1v) is 5.79. The predicted molar refractivity (Wildman–Crippen MR) is 71.5 cm³/mol. The number of azo groups is 1. The number of carboxylic acid groups (broad SMARTS) is 1. The van der Waals surface area contributed by atoms with Crippen molar-refractivity contribution >= 4 is 23.0 Å². The summed E-state index contributed by atoms with van der Waals surface area (Å²) in [6.07, 6.45) is 0. The molecule has 1 unspecified atom stereocenters. The molecule has 0 saturated heterocycles. The number of nitrogens with zero attached hydrogens (tertiary/aromatic N) is 2. The number of benzene rings is 2. The van der Waals surface area contributed by atoms with E-state index in [4.69, 9.17) is 10.3 Å². The molecular weight excluding hydrogens is 278 g/mol. The van der Waals surface area contributed by atoms with Gasteiger partial charge in [0, 0.05) is 12.1 Å². The van der Waals surface area contributed by atoms with Crippen LogP contribution >= 0.6 is 0 Å². The minimum absolute atomic E-state index is 0.0726. The molecule has 0 aliphatic heterocycles. The third-order valence-electron chi connectivity index (χ3n) is 2.58. The van der Waals surface area contributed by atoms with Crippen molar-refractivity contribution in [1.82, 2.24) is 0 Å². The highest BCUT2D eigenvalue weighted by molar-refractivity contribution is 5.91. The molecule has 0 aliphatic carbocycles. The van der Waals surface area contributed by atoms with Crippen LogP contribution in [0.4, 0.5) is 17.1 Å². The van der Waals surface area contributed by atoms with Crippen LogP contribution in [0.2, 0.25) is 0 Å². The van der Waals surface area contributed by atoms with E-state index >= 15 is 0 Å². The van der Waals surface area contributed by atoms with Crippen LogP contribution in [0.1, 0.15) is 10.4 Å². The van der Waals surface area contributed by atoms with E-state index in [1.54, 1.807) is 6.07 Å². The number of quaternary nitrogens is 1. The predicted octanol–water partition coefficient (Wildman–Crippen LogP) is 1.91. The van der Waals surface area contributed by atoms with Gasteiger partial charge in [0.1, 0.15) is 11.3 Å². The van der Waals surface area contributed by atoms with Gasteiger partial charge in [-0.2, -0.15) is 15.5 Å². The fourth-order valence-electron chi connectivity index (χ4n) is 1.57. The maximum atomic E-state index is 10.9. The number of hydrogen-bond donors (Lipinski definition) is 4. The lowest BCUT2D eigenvalue weighted by Gasteiger charge is -2.10. The van der Waals surface area contributed by atoms with Crippen molar-refractivity contribution in [3.05, 3.63) is 53.2 Å². The topological polar surface area (TPSA) is 130 Å². The van der Waals surface area contributed by atoms with Gasteiger partial charge in [0.2, 0.25) is 0 Å². The largest absolute Gasteiger partial charge is 0.595 e. The van der Waals surface area contributed by atoms with Crippen LogP contribution in [0.5, 0.6) is 5.75 Å². The summed E-state index contributed by atoms with van der Waals surface area (Å²) in [4.78, 5) is 10.9. The molecule has 108 valence electrons. The monoisotopic (exact) mass is 289 g/mol. The van der Waals surface area contributed by atoms with Crippen LogP contribution < -0.4 is 5.23 Å². The van der Waals surface area contributed by atoms with Crippen molar-refractivity contribution in [2.45, 2.75) is 0 Å². The molecule has 0 fully saturated rings. The molecule has 0 heterocycles. The van der Waals surface area contributed by atoms with Crippen LogP contribution in [0, 0.1) is 5.21 Å². The lowest BCUT2D eigenvalue weighted by molar-refractivity contribution is -0.991. The molecule has 2 aromatic rings. The molecule has 21 heavy (non-hydrogen) atoms. The summed E-state index contributed by atoms with van der Waals surface area (Å²) < 4.78 is 0. The van der Waals surface area contributed by atoms with Crippen molar-refractivity contribution in [2.75, 3.05) is 0 Å². The maximum absolute atomic E-state index is 10.9. The zero-order chi connectivity index (χ0) is 15.4. The number of hydrogen-bond acceptors (Lipinski definition) is 6. The van der Waals surface area contributed by atoms with Crippen molar-refractivity contribution < 1.29 is 25.4 Å². The second-order valence-electron chi connectivity index (χ2n) is 4.06. The molecule has 4 N–H and O–H groups in total. The Kier molecular flexibility index (Phi) is 4.24. The van der Waals surface area contributed by atoms with Crippen LogP contribution in [-0.2, 0) is 0 Å². The van der Waals surface area contributed by atoms with Gasteiger partial charge in [0.05, 0.1) is 11.4 Å². The van der Waals surface area contributed by atoms with Gasteiger partial charge >= 0.3 is 5.97 Å². The van der Waals surface area contributed by atoms with Crippen molar-refractivity contribution in [3.63, 3.8) is 0 Å². The Morgan fingerprint density at radius 2 is 1.76 bits per heavy atom. The molecule has 0 aliphatic rings. The summed E-state index contributed by atoms with van der Waals surface area (Å²) in [5.41, 5.74) is 0.333. The highest BCUT2D eigenvalue weighted by Crippen LogP contribution is 2.25. The molecule has 0 radical (unpaired) electrons. The molecule has 8 heteroatoms. The van der Waals surface area contributed by atoms with E-state index in [0.29, 0.717) is 5.69 Å². The highest BCUT2D eigenvalue weighted by Gasteiger charge is 2.09. The normalized spacial score (nSPS) is 12.5. The van der Waals surface area contributed by atoms with Gasteiger partial charge in [0.25, 0.3) is 0 Å². The fourth-order valence-corrected chi connectivity index (χ4v) is 1.57. The molecule has 0 saturated carbocycles. The van der Waals surface area contributed by atoms with Crippen LogP contribution in [-0.4, -0.2) is 21.4 Å². The Balaban J connectivity index is 2.27. The number of phenols is 1. The van der Waals surface area contributed by atoms with Gasteiger partial charge in [0.15, 0.2) is 5.69 Å². The second kappa shape index (κ2) is 6.09. The number of aromatic carboxylic acids is 1. The Bertz CT molecular complexity index is 700. The molecule has 0 spiro atoms. The van der Waals surface area contributed by atoms with E-state index in [2.05, 4.69) is 10.2 Å². The third-order valence-corrected chi connectivity index (χ3v) is 2.58. The zero-order valence-corrected chi connectivity index (χ0v) is 10.6. The van der Waals surface area contributed by atoms with Crippen LogP contribution in [0.3, 0.4) is 0 Å². The van der Waals surface area contributed by atoms with Crippen LogP contribution in [0.25, 0.3) is 0 Å². The minimum atomic E-state index is -1.28. The summed E-state index contributed by atoms with van der Waals surface area (Å²) in [6, 6.07) is 9.61. The van der Waals surface area contributed by atoms with Crippen molar-refractivity contribution in [1.29, 1.82) is 0 Å². The number of nitrogens with one attached hydrogen (secondary N) is 1. The molecule has 0 aromatic heterocycles. The molecule has 8 nitrogen and oxygen atoms in total. The summed E-state index contributed by atoms with van der Waals surface area (Å²) in [7, 11) is 0. The zero-order valence-electron chi connectivity index (χ0n) is 10.6. The Morgan fingerprint density at radius 1 is 1.10 bits per heavy atom. The van der Waals surface area contributed by atoms with E-state index in [1.165, 1.54) is 36.4 Å². The third kappa shape index (κ3) is 3.60. The van der Waals surface area contributed by atoms with E-state index in [9.17, 15) is 15.1 Å². The Labute approximate surface area is 118 Å². The first-order valence-electron chi connectivity index (χ1n) is 5.79. The molecular formula is C13H11N3O5. The Morgan fingerprint density at radius 3 is 2.38 bits per heavy atom. The van der Waals surface area contributed by atoms with Crippen molar-refractivity contribution in [3.8, 4) is 5.75 Å². The molecule has 1 atom stereocenters. The minimum Gasteiger partial charge on any atom is -0.595 e. The van der Waals surface area contributed by atoms with Crippen LogP contribution in [0.15, 0.2) is 52.7 Å². The van der Waals surface area contributed by atoms with E-state index in [1.807, 2.05) is 0 Å². The number of carbonyl (C=O) groups is 1. The van der Waals surface area contributed by atoms with Gasteiger partial charge in [-0.3, -0.25) is 0 Å². The van der Waals surface area contributed by atoms with Crippen molar-refractivity contribution in [2.24, 2.45) is 10.2 Å².